The number of rotatable bonds is 8. The standard InChI is InChI=1S/C15H24N4O2/c1-12(20)18-14-7-4-6-13(10-14)17-11-15(21)16-8-5-9-19(2)3/h4,6-7,10,17H,5,8-9,11H2,1-3H3,(H,16,21)(H,18,20). The predicted octanol–water partition coefficient (Wildman–Crippen LogP) is 1.12. The van der Waals surface area contributed by atoms with Gasteiger partial charge in [-0.3, -0.25) is 9.59 Å². The summed E-state index contributed by atoms with van der Waals surface area (Å²) in [5.41, 5.74) is 1.50. The lowest BCUT2D eigenvalue weighted by Crippen LogP contribution is -2.31. The van der Waals surface area contributed by atoms with Crippen molar-refractivity contribution < 1.29 is 9.59 Å². The Hall–Kier alpha value is -2.08. The minimum absolute atomic E-state index is 0.0429. The molecular formula is C15H24N4O2. The second-order valence-electron chi connectivity index (χ2n) is 5.12. The lowest BCUT2D eigenvalue weighted by molar-refractivity contribution is -0.119. The summed E-state index contributed by atoms with van der Waals surface area (Å²) in [7, 11) is 4.01. The van der Waals surface area contributed by atoms with Crippen LogP contribution >= 0.6 is 0 Å². The summed E-state index contributed by atoms with van der Waals surface area (Å²) in [6.45, 7) is 3.30. The van der Waals surface area contributed by atoms with Crippen molar-refractivity contribution in [3.8, 4) is 0 Å². The topological polar surface area (TPSA) is 73.5 Å². The molecule has 0 aromatic heterocycles. The molecule has 2 amide bonds. The van der Waals surface area contributed by atoms with Gasteiger partial charge in [0, 0.05) is 24.8 Å². The van der Waals surface area contributed by atoms with Crippen molar-refractivity contribution in [1.82, 2.24) is 10.2 Å². The van der Waals surface area contributed by atoms with Gasteiger partial charge in [-0.25, -0.2) is 0 Å². The van der Waals surface area contributed by atoms with Gasteiger partial charge < -0.3 is 20.9 Å². The first-order valence-corrected chi connectivity index (χ1v) is 7.00. The van der Waals surface area contributed by atoms with Gasteiger partial charge >= 0.3 is 0 Å². The van der Waals surface area contributed by atoms with Gasteiger partial charge in [0.15, 0.2) is 0 Å². The largest absolute Gasteiger partial charge is 0.376 e. The minimum Gasteiger partial charge on any atom is -0.376 e. The number of carbonyl (C=O) groups excluding carboxylic acids is 2. The first-order valence-electron chi connectivity index (χ1n) is 7.00. The van der Waals surface area contributed by atoms with Crippen LogP contribution in [0, 0.1) is 0 Å². The van der Waals surface area contributed by atoms with E-state index in [1.165, 1.54) is 6.92 Å². The van der Waals surface area contributed by atoms with E-state index in [9.17, 15) is 9.59 Å². The molecule has 0 saturated carbocycles. The Balaban J connectivity index is 2.30. The zero-order valence-electron chi connectivity index (χ0n) is 12.9. The second-order valence-corrected chi connectivity index (χ2v) is 5.12. The maximum atomic E-state index is 11.7. The monoisotopic (exact) mass is 292 g/mol. The molecule has 0 aliphatic heterocycles. The summed E-state index contributed by atoms with van der Waals surface area (Å²) in [5.74, 6) is -0.163. The van der Waals surface area contributed by atoms with Crippen molar-refractivity contribution >= 4 is 23.2 Å². The molecular weight excluding hydrogens is 268 g/mol. The third kappa shape index (κ3) is 7.94. The maximum absolute atomic E-state index is 11.7. The van der Waals surface area contributed by atoms with Crippen LogP contribution in [-0.4, -0.2) is 50.4 Å². The lowest BCUT2D eigenvalue weighted by atomic mass is 10.2. The summed E-state index contributed by atoms with van der Waals surface area (Å²) in [6.07, 6.45) is 0.927. The molecule has 0 spiro atoms. The molecule has 0 heterocycles. The Bertz CT molecular complexity index is 474. The van der Waals surface area contributed by atoms with Crippen LogP contribution in [-0.2, 0) is 9.59 Å². The van der Waals surface area contributed by atoms with Crippen LogP contribution in [0.25, 0.3) is 0 Å². The molecule has 0 saturated heterocycles. The van der Waals surface area contributed by atoms with E-state index < -0.39 is 0 Å². The number of benzene rings is 1. The van der Waals surface area contributed by atoms with E-state index in [4.69, 9.17) is 0 Å². The number of nitrogens with one attached hydrogen (secondary N) is 3. The van der Waals surface area contributed by atoms with Gasteiger partial charge in [0.1, 0.15) is 0 Å². The lowest BCUT2D eigenvalue weighted by Gasteiger charge is -2.11. The molecule has 1 aromatic carbocycles. The van der Waals surface area contributed by atoms with Gasteiger partial charge in [-0.1, -0.05) is 6.07 Å². The van der Waals surface area contributed by atoms with E-state index in [1.54, 1.807) is 12.1 Å². The third-order valence-electron chi connectivity index (χ3n) is 2.74. The van der Waals surface area contributed by atoms with Crippen LogP contribution < -0.4 is 16.0 Å². The Morgan fingerprint density at radius 3 is 2.57 bits per heavy atom. The van der Waals surface area contributed by atoms with Crippen LogP contribution in [0.3, 0.4) is 0 Å². The number of anilines is 2. The Morgan fingerprint density at radius 1 is 1.19 bits per heavy atom. The van der Waals surface area contributed by atoms with E-state index in [2.05, 4.69) is 20.9 Å². The fourth-order valence-corrected chi connectivity index (χ4v) is 1.78. The molecule has 3 N–H and O–H groups in total. The van der Waals surface area contributed by atoms with E-state index in [0.29, 0.717) is 12.2 Å². The normalized spacial score (nSPS) is 10.3. The molecule has 0 fully saturated rings. The molecule has 116 valence electrons. The molecule has 0 unspecified atom stereocenters. The highest BCUT2D eigenvalue weighted by atomic mass is 16.2. The van der Waals surface area contributed by atoms with Crippen LogP contribution in [0.2, 0.25) is 0 Å². The summed E-state index contributed by atoms with van der Waals surface area (Å²) in [4.78, 5) is 24.7. The first-order chi connectivity index (χ1) is 9.97. The van der Waals surface area contributed by atoms with Gasteiger partial charge in [-0.2, -0.15) is 0 Å². The molecule has 6 nitrogen and oxygen atoms in total. The second kappa shape index (κ2) is 8.97. The predicted molar refractivity (Wildman–Crippen MR) is 85.4 cm³/mol. The Kier molecular flexibility index (Phi) is 7.25. The molecule has 6 heteroatoms. The Labute approximate surface area is 125 Å². The molecule has 0 atom stereocenters. The van der Waals surface area contributed by atoms with Crippen molar-refractivity contribution in [2.45, 2.75) is 13.3 Å². The van der Waals surface area contributed by atoms with Crippen LogP contribution in [0.5, 0.6) is 0 Å². The van der Waals surface area contributed by atoms with Gasteiger partial charge in [0.05, 0.1) is 6.54 Å². The fraction of sp³-hybridized carbons (Fsp3) is 0.467. The van der Waals surface area contributed by atoms with Gasteiger partial charge in [-0.05, 0) is 45.3 Å². The summed E-state index contributed by atoms with van der Waals surface area (Å²) >= 11 is 0. The molecule has 0 radical (unpaired) electrons. The zero-order chi connectivity index (χ0) is 15.7. The number of hydrogen-bond donors (Lipinski definition) is 3. The third-order valence-corrected chi connectivity index (χ3v) is 2.74. The highest BCUT2D eigenvalue weighted by Gasteiger charge is 2.02. The summed E-state index contributed by atoms with van der Waals surface area (Å²) in [6, 6.07) is 7.27. The molecule has 1 rings (SSSR count). The van der Waals surface area contributed by atoms with Crippen molar-refractivity contribution in [3.05, 3.63) is 24.3 Å². The molecule has 0 aliphatic carbocycles. The molecule has 1 aromatic rings. The van der Waals surface area contributed by atoms with E-state index in [-0.39, 0.29) is 18.4 Å². The van der Waals surface area contributed by atoms with Crippen molar-refractivity contribution in [3.63, 3.8) is 0 Å². The average Bonchev–Trinajstić information content (AvgIpc) is 2.41. The number of carbonyl (C=O) groups is 2. The van der Waals surface area contributed by atoms with Crippen LogP contribution in [0.15, 0.2) is 24.3 Å². The van der Waals surface area contributed by atoms with Crippen molar-refractivity contribution in [1.29, 1.82) is 0 Å². The van der Waals surface area contributed by atoms with Crippen molar-refractivity contribution in [2.75, 3.05) is 44.4 Å². The number of amides is 2. The van der Waals surface area contributed by atoms with E-state index in [1.807, 2.05) is 26.2 Å². The maximum Gasteiger partial charge on any atom is 0.239 e. The van der Waals surface area contributed by atoms with Gasteiger partial charge in [0.25, 0.3) is 0 Å². The highest BCUT2D eigenvalue weighted by Crippen LogP contribution is 2.14. The minimum atomic E-state index is -0.120. The van der Waals surface area contributed by atoms with Gasteiger partial charge in [-0.15, -0.1) is 0 Å². The van der Waals surface area contributed by atoms with Gasteiger partial charge in [0.2, 0.25) is 11.8 Å². The summed E-state index contributed by atoms with van der Waals surface area (Å²) in [5, 5.41) is 8.59. The number of hydrogen-bond acceptors (Lipinski definition) is 4. The molecule has 21 heavy (non-hydrogen) atoms. The summed E-state index contributed by atoms with van der Waals surface area (Å²) < 4.78 is 0. The SMILES string of the molecule is CC(=O)Nc1cccc(NCC(=O)NCCCN(C)C)c1. The van der Waals surface area contributed by atoms with E-state index in [0.717, 1.165) is 18.7 Å². The quantitative estimate of drug-likeness (QED) is 0.628. The molecule has 0 aliphatic rings. The fourth-order valence-electron chi connectivity index (χ4n) is 1.78. The van der Waals surface area contributed by atoms with E-state index >= 15 is 0 Å². The highest BCUT2D eigenvalue weighted by molar-refractivity contribution is 5.89. The van der Waals surface area contributed by atoms with Crippen LogP contribution in [0.4, 0.5) is 11.4 Å². The average molecular weight is 292 g/mol. The molecule has 0 bridgehead atoms. The van der Waals surface area contributed by atoms with Crippen LogP contribution in [0.1, 0.15) is 13.3 Å². The smallest absolute Gasteiger partial charge is 0.239 e. The van der Waals surface area contributed by atoms with Crippen molar-refractivity contribution in [2.24, 2.45) is 0 Å². The number of nitrogens with zero attached hydrogens (tertiary/aromatic N) is 1. The Morgan fingerprint density at radius 2 is 1.90 bits per heavy atom. The zero-order valence-corrected chi connectivity index (χ0v) is 12.9. The first kappa shape index (κ1) is 17.0.